The lowest BCUT2D eigenvalue weighted by Gasteiger charge is -2.29. The van der Waals surface area contributed by atoms with Gasteiger partial charge in [0.2, 0.25) is 5.89 Å². The molecule has 0 aromatic carbocycles. The summed E-state index contributed by atoms with van der Waals surface area (Å²) in [6.07, 6.45) is 1.67. The number of nitrogens with one attached hydrogen (secondary N) is 1. The maximum absolute atomic E-state index is 9.39. The van der Waals surface area contributed by atoms with Crippen LogP contribution in [0.1, 0.15) is 26.5 Å². The van der Waals surface area contributed by atoms with Gasteiger partial charge in [-0.2, -0.15) is 0 Å². The molecule has 0 aliphatic carbocycles. The molecule has 0 saturated heterocycles. The number of rotatable bonds is 5. The van der Waals surface area contributed by atoms with Gasteiger partial charge in [-0.15, -0.1) is 11.3 Å². The molecule has 19 heavy (non-hydrogen) atoms. The van der Waals surface area contributed by atoms with Gasteiger partial charge >= 0.3 is 0 Å². The van der Waals surface area contributed by atoms with Crippen LogP contribution in [-0.2, 0) is 6.54 Å². The van der Waals surface area contributed by atoms with E-state index in [1.165, 1.54) is 0 Å². The minimum Gasteiger partial charge on any atom is -0.444 e. The second kappa shape index (κ2) is 5.86. The van der Waals surface area contributed by atoms with Crippen LogP contribution in [-0.4, -0.2) is 22.7 Å². The lowest BCUT2D eigenvalue weighted by atomic mass is 9.87. The second-order valence-corrected chi connectivity index (χ2v) is 6.55. The smallest absolute Gasteiger partial charge is 0.236 e. The molecule has 5 heteroatoms. The maximum Gasteiger partial charge on any atom is 0.236 e. The van der Waals surface area contributed by atoms with E-state index in [1.54, 1.807) is 17.6 Å². The van der Waals surface area contributed by atoms with Crippen molar-refractivity contribution in [1.29, 1.82) is 0 Å². The molecule has 0 bridgehead atoms. The van der Waals surface area contributed by atoms with E-state index >= 15 is 0 Å². The van der Waals surface area contributed by atoms with Crippen LogP contribution in [0, 0.1) is 5.41 Å². The third-order valence-electron chi connectivity index (χ3n) is 3.04. The number of nitrogens with zero attached hydrogens (tertiary/aromatic N) is 1. The van der Waals surface area contributed by atoms with Gasteiger partial charge in [-0.3, -0.25) is 0 Å². The standard InChI is InChI=1S/C14H20N2O2S/c1-14(2,3)12(8-17)15-7-10-9-18-13(16-10)11-5-4-6-19-11/h4-6,9,12,15,17H,7-8H2,1-3H3/t12-/m1/s1. The second-order valence-electron chi connectivity index (χ2n) is 5.60. The quantitative estimate of drug-likeness (QED) is 0.884. The molecule has 0 fully saturated rings. The van der Waals surface area contributed by atoms with Crippen LogP contribution in [0.4, 0.5) is 0 Å². The van der Waals surface area contributed by atoms with E-state index in [0.717, 1.165) is 10.6 Å². The normalized spacial score (nSPS) is 13.7. The first kappa shape index (κ1) is 14.2. The van der Waals surface area contributed by atoms with Crippen molar-refractivity contribution in [2.24, 2.45) is 5.41 Å². The fourth-order valence-corrected chi connectivity index (χ4v) is 2.43. The molecule has 2 aromatic heterocycles. The van der Waals surface area contributed by atoms with Crippen molar-refractivity contribution < 1.29 is 9.52 Å². The van der Waals surface area contributed by atoms with Crippen molar-refractivity contribution >= 4 is 11.3 Å². The predicted octanol–water partition coefficient (Wildman–Crippen LogP) is 2.90. The van der Waals surface area contributed by atoms with Crippen LogP contribution in [0.3, 0.4) is 0 Å². The summed E-state index contributed by atoms with van der Waals surface area (Å²) in [4.78, 5) is 5.47. The highest BCUT2D eigenvalue weighted by molar-refractivity contribution is 7.13. The monoisotopic (exact) mass is 280 g/mol. The van der Waals surface area contributed by atoms with E-state index in [4.69, 9.17) is 4.42 Å². The van der Waals surface area contributed by atoms with Crippen molar-refractivity contribution in [3.05, 3.63) is 29.5 Å². The SMILES string of the molecule is CC(C)(C)[C@@H](CO)NCc1coc(-c2cccs2)n1. The van der Waals surface area contributed by atoms with E-state index < -0.39 is 0 Å². The number of hydrogen-bond acceptors (Lipinski definition) is 5. The Morgan fingerprint density at radius 2 is 2.26 bits per heavy atom. The number of aliphatic hydroxyl groups is 1. The Balaban J connectivity index is 1.97. The number of aliphatic hydroxyl groups excluding tert-OH is 1. The Kier molecular flexibility index (Phi) is 4.39. The van der Waals surface area contributed by atoms with Gasteiger partial charge in [-0.05, 0) is 16.9 Å². The summed E-state index contributed by atoms with van der Waals surface area (Å²) in [6, 6.07) is 4.00. The summed E-state index contributed by atoms with van der Waals surface area (Å²) in [5.74, 6) is 0.656. The number of oxazole rings is 1. The third-order valence-corrected chi connectivity index (χ3v) is 3.90. The molecule has 0 saturated carbocycles. The molecule has 4 nitrogen and oxygen atoms in total. The number of aromatic nitrogens is 1. The van der Waals surface area contributed by atoms with Crippen molar-refractivity contribution in [3.63, 3.8) is 0 Å². The maximum atomic E-state index is 9.39. The van der Waals surface area contributed by atoms with Crippen LogP contribution >= 0.6 is 11.3 Å². The van der Waals surface area contributed by atoms with E-state index in [0.29, 0.717) is 12.4 Å². The van der Waals surface area contributed by atoms with Crippen molar-refractivity contribution in [2.75, 3.05) is 6.61 Å². The van der Waals surface area contributed by atoms with E-state index in [2.05, 4.69) is 31.1 Å². The number of hydrogen-bond donors (Lipinski definition) is 2. The Labute approximate surface area is 117 Å². The largest absolute Gasteiger partial charge is 0.444 e. The van der Waals surface area contributed by atoms with Crippen LogP contribution < -0.4 is 5.32 Å². The summed E-state index contributed by atoms with van der Waals surface area (Å²) in [5, 5.41) is 14.7. The van der Waals surface area contributed by atoms with Gasteiger partial charge in [0.1, 0.15) is 6.26 Å². The summed E-state index contributed by atoms with van der Waals surface area (Å²) < 4.78 is 5.46. The molecular formula is C14H20N2O2S. The highest BCUT2D eigenvalue weighted by atomic mass is 32.1. The number of thiophene rings is 1. The van der Waals surface area contributed by atoms with Crippen LogP contribution in [0.5, 0.6) is 0 Å². The average molecular weight is 280 g/mol. The van der Waals surface area contributed by atoms with Gasteiger partial charge in [0.15, 0.2) is 0 Å². The topological polar surface area (TPSA) is 58.3 Å². The first-order valence-electron chi connectivity index (χ1n) is 6.33. The van der Waals surface area contributed by atoms with Gasteiger partial charge in [-0.1, -0.05) is 26.8 Å². The van der Waals surface area contributed by atoms with E-state index in [1.807, 2.05) is 17.5 Å². The highest BCUT2D eigenvalue weighted by Gasteiger charge is 2.23. The van der Waals surface area contributed by atoms with Gasteiger partial charge in [0.25, 0.3) is 0 Å². The molecule has 2 heterocycles. The Morgan fingerprint density at radius 1 is 1.47 bits per heavy atom. The lowest BCUT2D eigenvalue weighted by molar-refractivity contribution is 0.157. The van der Waals surface area contributed by atoms with Crippen LogP contribution in [0.2, 0.25) is 0 Å². The zero-order valence-electron chi connectivity index (χ0n) is 11.5. The summed E-state index contributed by atoms with van der Waals surface area (Å²) in [7, 11) is 0. The summed E-state index contributed by atoms with van der Waals surface area (Å²) in [6.45, 7) is 7.00. The Bertz CT molecular complexity index is 500. The molecule has 2 rings (SSSR count). The van der Waals surface area contributed by atoms with Crippen LogP contribution in [0.25, 0.3) is 10.8 Å². The molecule has 0 spiro atoms. The molecule has 2 aromatic rings. The predicted molar refractivity (Wildman–Crippen MR) is 77.0 cm³/mol. The van der Waals surface area contributed by atoms with Crippen molar-refractivity contribution in [3.8, 4) is 10.8 Å². The molecule has 0 radical (unpaired) electrons. The minimum absolute atomic E-state index is 0.00900. The molecular weight excluding hydrogens is 260 g/mol. The first-order chi connectivity index (χ1) is 9.00. The molecule has 104 valence electrons. The summed E-state index contributed by atoms with van der Waals surface area (Å²) in [5.41, 5.74) is 0.862. The first-order valence-corrected chi connectivity index (χ1v) is 7.21. The van der Waals surface area contributed by atoms with Gasteiger partial charge in [0, 0.05) is 12.6 Å². The molecule has 1 atom stereocenters. The van der Waals surface area contributed by atoms with Gasteiger partial charge in [-0.25, -0.2) is 4.98 Å². The van der Waals surface area contributed by atoms with Crippen molar-refractivity contribution in [1.82, 2.24) is 10.3 Å². The Hall–Kier alpha value is -1.17. The highest BCUT2D eigenvalue weighted by Crippen LogP contribution is 2.24. The lowest BCUT2D eigenvalue weighted by Crippen LogP contribution is -2.42. The zero-order valence-corrected chi connectivity index (χ0v) is 12.3. The zero-order chi connectivity index (χ0) is 13.9. The van der Waals surface area contributed by atoms with Gasteiger partial charge < -0.3 is 14.8 Å². The average Bonchev–Trinajstić information content (AvgIpc) is 2.98. The molecule has 0 unspecified atom stereocenters. The minimum atomic E-state index is 0.00900. The third kappa shape index (κ3) is 3.65. The molecule has 2 N–H and O–H groups in total. The van der Waals surface area contributed by atoms with Crippen LogP contribution in [0.15, 0.2) is 28.2 Å². The Morgan fingerprint density at radius 3 is 2.84 bits per heavy atom. The fraction of sp³-hybridized carbons (Fsp3) is 0.500. The molecule has 0 aliphatic rings. The summed E-state index contributed by atoms with van der Waals surface area (Å²) >= 11 is 1.61. The molecule has 0 amide bonds. The van der Waals surface area contributed by atoms with E-state index in [-0.39, 0.29) is 18.1 Å². The van der Waals surface area contributed by atoms with Crippen molar-refractivity contribution in [2.45, 2.75) is 33.4 Å². The van der Waals surface area contributed by atoms with E-state index in [9.17, 15) is 5.11 Å². The fourth-order valence-electron chi connectivity index (χ4n) is 1.77. The van der Waals surface area contributed by atoms with Gasteiger partial charge in [0.05, 0.1) is 17.2 Å². The molecule has 0 aliphatic heterocycles.